The number of esters is 1. The van der Waals surface area contributed by atoms with Gasteiger partial charge in [-0.2, -0.15) is 8.42 Å². The average molecular weight is 316 g/mol. The predicted molar refractivity (Wildman–Crippen MR) is 76.4 cm³/mol. The molecule has 6 N–H and O–H groups in total. The number of amides is 1. The van der Waals surface area contributed by atoms with E-state index in [4.69, 9.17) is 10.9 Å². The summed E-state index contributed by atoms with van der Waals surface area (Å²) in [6.45, 7) is 1.69. The summed E-state index contributed by atoms with van der Waals surface area (Å²) >= 11 is 0. The number of anilines is 2. The number of benzene rings is 1. The van der Waals surface area contributed by atoms with Crippen molar-refractivity contribution in [1.82, 2.24) is 0 Å². The molecule has 10 heteroatoms. The second-order valence-corrected chi connectivity index (χ2v) is 5.24. The number of ether oxygens (including phenoxy) is 1. The Morgan fingerprint density at radius 2 is 1.95 bits per heavy atom. The lowest BCUT2D eigenvalue weighted by atomic mass is 10.2. The van der Waals surface area contributed by atoms with Crippen molar-refractivity contribution < 1.29 is 22.7 Å². The number of carbonyl (C=O) groups is 2. The molecule has 1 unspecified atom stereocenters. The number of carbonyl (C=O) groups excluding carboxylic acids is 2. The van der Waals surface area contributed by atoms with Crippen molar-refractivity contribution in [3.63, 3.8) is 0 Å². The van der Waals surface area contributed by atoms with Crippen LogP contribution in [0.1, 0.15) is 6.92 Å². The summed E-state index contributed by atoms with van der Waals surface area (Å²) in [5, 5.41) is 7.20. The van der Waals surface area contributed by atoms with Crippen molar-refractivity contribution in [3.05, 3.63) is 24.3 Å². The Hall–Kier alpha value is -2.17. The Morgan fingerprint density at radius 1 is 1.33 bits per heavy atom. The predicted octanol–water partition coefficient (Wildman–Crippen LogP) is -0.869. The summed E-state index contributed by atoms with van der Waals surface area (Å²) in [5.41, 5.74) is 5.81. The van der Waals surface area contributed by atoms with Crippen LogP contribution in [0.15, 0.2) is 24.3 Å². The smallest absolute Gasteiger partial charge is 0.332 e. The van der Waals surface area contributed by atoms with Crippen LogP contribution in [0.3, 0.4) is 0 Å². The van der Waals surface area contributed by atoms with Crippen LogP contribution in [-0.2, 0) is 24.5 Å². The number of hydrogen-bond acceptors (Lipinski definition) is 6. The molecule has 9 nitrogen and oxygen atoms in total. The van der Waals surface area contributed by atoms with Crippen LogP contribution in [0.5, 0.6) is 0 Å². The Morgan fingerprint density at radius 3 is 2.52 bits per heavy atom. The number of rotatable bonds is 6. The number of nitrogens with two attached hydrogens (primary N) is 2. The molecule has 0 aliphatic rings. The van der Waals surface area contributed by atoms with Gasteiger partial charge in [0.15, 0.2) is 6.04 Å². The largest absolute Gasteiger partial charge is 0.464 e. The third-order valence-corrected chi connectivity index (χ3v) is 2.73. The fourth-order valence-corrected chi connectivity index (χ4v) is 1.84. The second kappa shape index (κ2) is 7.02. The molecule has 0 heterocycles. The molecular weight excluding hydrogens is 300 g/mol. The Balaban J connectivity index is 2.77. The molecule has 0 aromatic heterocycles. The van der Waals surface area contributed by atoms with Crippen LogP contribution in [-0.4, -0.2) is 32.9 Å². The van der Waals surface area contributed by atoms with Gasteiger partial charge in [0.1, 0.15) is 0 Å². The van der Waals surface area contributed by atoms with E-state index in [0.717, 1.165) is 0 Å². The lowest BCUT2D eigenvalue weighted by molar-refractivity contribution is -0.146. The van der Waals surface area contributed by atoms with Crippen molar-refractivity contribution >= 4 is 33.5 Å². The minimum Gasteiger partial charge on any atom is -0.464 e. The van der Waals surface area contributed by atoms with E-state index in [1.165, 1.54) is 24.3 Å². The zero-order chi connectivity index (χ0) is 16.0. The van der Waals surface area contributed by atoms with Crippen LogP contribution in [0.25, 0.3) is 0 Å². The first-order chi connectivity index (χ1) is 9.73. The lowest BCUT2D eigenvalue weighted by Gasteiger charge is -2.12. The monoisotopic (exact) mass is 316 g/mol. The quantitative estimate of drug-likeness (QED) is 0.395. The highest BCUT2D eigenvalue weighted by atomic mass is 32.2. The molecule has 0 fully saturated rings. The topological polar surface area (TPSA) is 154 Å². The number of nitrogens with one attached hydrogen (secondary N) is 2. The van der Waals surface area contributed by atoms with Crippen LogP contribution in [0.4, 0.5) is 11.4 Å². The third kappa shape index (κ3) is 5.77. The first-order valence-corrected chi connectivity index (χ1v) is 7.41. The van der Waals surface area contributed by atoms with Gasteiger partial charge in [0.05, 0.1) is 12.3 Å². The highest BCUT2D eigenvalue weighted by Crippen LogP contribution is 2.15. The van der Waals surface area contributed by atoms with Gasteiger partial charge in [0, 0.05) is 5.69 Å². The molecule has 0 aliphatic heterocycles. The zero-order valence-electron chi connectivity index (χ0n) is 11.2. The summed E-state index contributed by atoms with van der Waals surface area (Å²) in [6.07, 6.45) is 0. The average Bonchev–Trinajstić information content (AvgIpc) is 2.36. The van der Waals surface area contributed by atoms with E-state index in [1.54, 1.807) is 6.92 Å². The molecule has 0 aliphatic carbocycles. The van der Waals surface area contributed by atoms with Crippen molar-refractivity contribution in [2.24, 2.45) is 10.9 Å². The van der Waals surface area contributed by atoms with E-state index < -0.39 is 28.1 Å². The maximum Gasteiger partial charge on any atom is 0.332 e. The molecule has 1 amide bonds. The highest BCUT2D eigenvalue weighted by Gasteiger charge is 2.23. The molecule has 116 valence electrons. The van der Waals surface area contributed by atoms with E-state index in [2.05, 4.69) is 10.1 Å². The molecule has 21 heavy (non-hydrogen) atoms. The van der Waals surface area contributed by atoms with Crippen LogP contribution < -0.4 is 20.9 Å². The van der Waals surface area contributed by atoms with Gasteiger partial charge in [-0.1, -0.05) is 6.07 Å². The minimum absolute atomic E-state index is 0.105. The SMILES string of the molecule is CCOC(=O)C(N)C(=O)Nc1cccc(NS(N)(=O)=O)c1. The van der Waals surface area contributed by atoms with E-state index in [1.807, 2.05) is 4.72 Å². The van der Waals surface area contributed by atoms with E-state index in [9.17, 15) is 18.0 Å². The Labute approximate surface area is 121 Å². The maximum atomic E-state index is 11.7. The number of hydrogen-bond donors (Lipinski definition) is 4. The van der Waals surface area contributed by atoms with Gasteiger partial charge in [-0.05, 0) is 25.1 Å². The molecule has 0 bridgehead atoms. The minimum atomic E-state index is -3.92. The summed E-state index contributed by atoms with van der Waals surface area (Å²) in [5.74, 6) is -1.63. The van der Waals surface area contributed by atoms with Gasteiger partial charge in [-0.25, -0.2) is 9.93 Å². The van der Waals surface area contributed by atoms with Gasteiger partial charge < -0.3 is 15.8 Å². The van der Waals surface area contributed by atoms with Crippen molar-refractivity contribution in [3.8, 4) is 0 Å². The fraction of sp³-hybridized carbons (Fsp3) is 0.273. The molecule has 1 atom stereocenters. The summed E-state index contributed by atoms with van der Waals surface area (Å²) in [7, 11) is -3.92. The molecule has 0 radical (unpaired) electrons. The molecule has 1 aromatic rings. The lowest BCUT2D eigenvalue weighted by Crippen LogP contribution is -2.43. The second-order valence-electron chi connectivity index (χ2n) is 3.95. The molecule has 0 saturated carbocycles. The first-order valence-electron chi connectivity index (χ1n) is 5.86. The third-order valence-electron chi connectivity index (χ3n) is 2.21. The zero-order valence-corrected chi connectivity index (χ0v) is 12.0. The first kappa shape index (κ1) is 16.9. The van der Waals surface area contributed by atoms with Gasteiger partial charge in [0.2, 0.25) is 0 Å². The molecular formula is C11H16N4O5S. The highest BCUT2D eigenvalue weighted by molar-refractivity contribution is 7.90. The van der Waals surface area contributed by atoms with Crippen molar-refractivity contribution in [2.45, 2.75) is 13.0 Å². The van der Waals surface area contributed by atoms with Gasteiger partial charge >= 0.3 is 5.97 Å². The van der Waals surface area contributed by atoms with Gasteiger partial charge in [0.25, 0.3) is 16.1 Å². The summed E-state index contributed by atoms with van der Waals surface area (Å²) < 4.78 is 28.5. The van der Waals surface area contributed by atoms with E-state index >= 15 is 0 Å². The molecule has 1 rings (SSSR count). The summed E-state index contributed by atoms with van der Waals surface area (Å²) in [6, 6.07) is 4.26. The van der Waals surface area contributed by atoms with Crippen molar-refractivity contribution in [1.29, 1.82) is 0 Å². The van der Waals surface area contributed by atoms with Gasteiger partial charge in [-0.15, -0.1) is 0 Å². The fourth-order valence-electron chi connectivity index (χ4n) is 1.38. The van der Waals surface area contributed by atoms with Crippen LogP contribution in [0, 0.1) is 0 Å². The van der Waals surface area contributed by atoms with E-state index in [-0.39, 0.29) is 18.0 Å². The molecule has 0 saturated heterocycles. The standard InChI is InChI=1S/C11H16N4O5S/c1-2-20-11(17)9(12)10(16)14-7-4-3-5-8(6-7)15-21(13,18)19/h3-6,9,15H,2,12H2,1H3,(H,14,16)(H2,13,18,19). The molecule has 1 aromatic carbocycles. The van der Waals surface area contributed by atoms with E-state index in [0.29, 0.717) is 0 Å². The normalized spacial score (nSPS) is 12.3. The molecule has 0 spiro atoms. The van der Waals surface area contributed by atoms with Crippen LogP contribution in [0.2, 0.25) is 0 Å². The maximum absolute atomic E-state index is 11.7. The van der Waals surface area contributed by atoms with Crippen LogP contribution >= 0.6 is 0 Å². The Bertz CT molecular complexity index is 631. The Kier molecular flexibility index (Phi) is 5.64. The van der Waals surface area contributed by atoms with Crippen molar-refractivity contribution in [2.75, 3.05) is 16.6 Å². The summed E-state index contributed by atoms with van der Waals surface area (Å²) in [4.78, 5) is 23.0. The van der Waals surface area contributed by atoms with Gasteiger partial charge in [-0.3, -0.25) is 9.52 Å².